The summed E-state index contributed by atoms with van der Waals surface area (Å²) in [6, 6.07) is 16.0. The van der Waals surface area contributed by atoms with Crippen LogP contribution in [0, 0.1) is 13.8 Å². The van der Waals surface area contributed by atoms with Crippen LogP contribution in [-0.4, -0.2) is 33.8 Å². The zero-order chi connectivity index (χ0) is 19.4. The second-order valence-corrected chi connectivity index (χ2v) is 7.48. The fraction of sp³-hybridized carbons (Fsp3) is 0.286. The van der Waals surface area contributed by atoms with Crippen LogP contribution < -0.4 is 0 Å². The zero-order valence-corrected chi connectivity index (χ0v) is 16.8. The van der Waals surface area contributed by atoms with Gasteiger partial charge in [-0.3, -0.25) is 4.79 Å². The highest BCUT2D eigenvalue weighted by atomic mass is 32.2. The van der Waals surface area contributed by atoms with Crippen molar-refractivity contribution >= 4 is 17.7 Å². The SMILES string of the molecule is Cc1ccc(-c2nnc(SCC(=O)N(C)[C@@H](C)c3ccccc3)o2)cc1C. The van der Waals surface area contributed by atoms with Crippen LogP contribution in [0.25, 0.3) is 11.5 Å². The van der Waals surface area contributed by atoms with Gasteiger partial charge < -0.3 is 9.32 Å². The highest BCUT2D eigenvalue weighted by Gasteiger charge is 2.19. The maximum Gasteiger partial charge on any atom is 0.277 e. The molecule has 6 heteroatoms. The Balaban J connectivity index is 1.61. The van der Waals surface area contributed by atoms with Gasteiger partial charge in [0.2, 0.25) is 11.8 Å². The van der Waals surface area contributed by atoms with E-state index in [-0.39, 0.29) is 17.7 Å². The first-order valence-corrected chi connectivity index (χ1v) is 9.79. The third kappa shape index (κ3) is 4.57. The quantitative estimate of drug-likeness (QED) is 0.581. The van der Waals surface area contributed by atoms with Crippen molar-refractivity contribution in [3.63, 3.8) is 0 Å². The first kappa shape index (κ1) is 19.2. The highest BCUT2D eigenvalue weighted by molar-refractivity contribution is 7.99. The average Bonchev–Trinajstić information content (AvgIpc) is 3.16. The second-order valence-electron chi connectivity index (χ2n) is 6.55. The molecule has 27 heavy (non-hydrogen) atoms. The molecule has 0 bridgehead atoms. The summed E-state index contributed by atoms with van der Waals surface area (Å²) < 4.78 is 5.71. The fourth-order valence-corrected chi connectivity index (χ4v) is 3.34. The predicted octanol–water partition coefficient (Wildman–Crippen LogP) is 4.67. The Bertz CT molecular complexity index is 924. The molecular weight excluding hydrogens is 358 g/mol. The van der Waals surface area contributed by atoms with Crippen molar-refractivity contribution in [2.75, 3.05) is 12.8 Å². The van der Waals surface area contributed by atoms with Gasteiger partial charge in [0.05, 0.1) is 11.8 Å². The first-order chi connectivity index (χ1) is 13.0. The monoisotopic (exact) mass is 381 g/mol. The number of nitrogens with zero attached hydrogens (tertiary/aromatic N) is 3. The van der Waals surface area contributed by atoms with E-state index >= 15 is 0 Å². The maximum absolute atomic E-state index is 12.5. The molecule has 2 aromatic carbocycles. The van der Waals surface area contributed by atoms with Crippen LogP contribution in [-0.2, 0) is 4.79 Å². The number of thioether (sulfide) groups is 1. The van der Waals surface area contributed by atoms with Gasteiger partial charge in [-0.25, -0.2) is 0 Å². The van der Waals surface area contributed by atoms with Crippen molar-refractivity contribution in [3.8, 4) is 11.5 Å². The zero-order valence-electron chi connectivity index (χ0n) is 16.0. The Kier molecular flexibility index (Phi) is 5.96. The van der Waals surface area contributed by atoms with Crippen molar-refractivity contribution in [1.29, 1.82) is 0 Å². The normalized spacial score (nSPS) is 12.0. The molecule has 0 aliphatic carbocycles. The van der Waals surface area contributed by atoms with Gasteiger partial charge in [0.25, 0.3) is 5.22 Å². The van der Waals surface area contributed by atoms with Crippen molar-refractivity contribution in [2.24, 2.45) is 0 Å². The van der Waals surface area contributed by atoms with Crippen molar-refractivity contribution < 1.29 is 9.21 Å². The lowest BCUT2D eigenvalue weighted by Crippen LogP contribution is -2.31. The number of hydrogen-bond donors (Lipinski definition) is 0. The van der Waals surface area contributed by atoms with Crippen LogP contribution in [0.15, 0.2) is 58.2 Å². The summed E-state index contributed by atoms with van der Waals surface area (Å²) in [6.07, 6.45) is 0. The number of aromatic nitrogens is 2. The highest BCUT2D eigenvalue weighted by Crippen LogP contribution is 2.26. The van der Waals surface area contributed by atoms with E-state index in [1.807, 2.05) is 69.4 Å². The summed E-state index contributed by atoms with van der Waals surface area (Å²) in [5, 5.41) is 8.56. The number of rotatable bonds is 6. The fourth-order valence-electron chi connectivity index (χ4n) is 2.66. The lowest BCUT2D eigenvalue weighted by molar-refractivity contribution is -0.128. The Morgan fingerprint density at radius 3 is 2.56 bits per heavy atom. The molecule has 0 saturated carbocycles. The van der Waals surface area contributed by atoms with Crippen molar-refractivity contribution in [2.45, 2.75) is 32.0 Å². The van der Waals surface area contributed by atoms with Gasteiger partial charge in [-0.05, 0) is 49.6 Å². The van der Waals surface area contributed by atoms with Crippen LogP contribution in [0.2, 0.25) is 0 Å². The number of benzene rings is 2. The average molecular weight is 382 g/mol. The van der Waals surface area contributed by atoms with E-state index in [0.717, 1.165) is 11.1 Å². The van der Waals surface area contributed by atoms with Gasteiger partial charge in [-0.1, -0.05) is 48.2 Å². The van der Waals surface area contributed by atoms with E-state index in [1.54, 1.807) is 4.90 Å². The molecule has 0 aliphatic rings. The number of carbonyl (C=O) groups excluding carboxylic acids is 1. The van der Waals surface area contributed by atoms with Crippen LogP contribution in [0.3, 0.4) is 0 Å². The minimum atomic E-state index is 0.00748. The van der Waals surface area contributed by atoms with Gasteiger partial charge in [0.1, 0.15) is 0 Å². The lowest BCUT2D eigenvalue weighted by atomic mass is 10.1. The molecule has 0 aliphatic heterocycles. The van der Waals surface area contributed by atoms with E-state index in [0.29, 0.717) is 11.1 Å². The van der Waals surface area contributed by atoms with Gasteiger partial charge >= 0.3 is 0 Å². The molecule has 0 unspecified atom stereocenters. The Morgan fingerprint density at radius 2 is 1.85 bits per heavy atom. The van der Waals surface area contributed by atoms with E-state index in [2.05, 4.69) is 17.1 Å². The Labute approximate surface area is 163 Å². The minimum Gasteiger partial charge on any atom is -0.411 e. The predicted molar refractivity (Wildman–Crippen MR) is 108 cm³/mol. The molecule has 0 saturated heterocycles. The summed E-state index contributed by atoms with van der Waals surface area (Å²) in [5.41, 5.74) is 4.38. The molecule has 140 valence electrons. The third-order valence-electron chi connectivity index (χ3n) is 4.74. The van der Waals surface area contributed by atoms with Crippen LogP contribution in [0.1, 0.15) is 29.7 Å². The number of amides is 1. The molecule has 1 heterocycles. The lowest BCUT2D eigenvalue weighted by Gasteiger charge is -2.25. The van der Waals surface area contributed by atoms with Crippen LogP contribution in [0.4, 0.5) is 0 Å². The summed E-state index contributed by atoms with van der Waals surface area (Å²) >= 11 is 1.26. The van der Waals surface area contributed by atoms with E-state index in [4.69, 9.17) is 4.42 Å². The molecular formula is C21H23N3O2S. The van der Waals surface area contributed by atoms with Crippen LogP contribution >= 0.6 is 11.8 Å². The molecule has 1 aromatic heterocycles. The number of carbonyl (C=O) groups is 1. The maximum atomic E-state index is 12.5. The molecule has 1 amide bonds. The van der Waals surface area contributed by atoms with Crippen LogP contribution in [0.5, 0.6) is 0 Å². The number of aryl methyl sites for hydroxylation is 2. The van der Waals surface area contributed by atoms with Gasteiger partial charge in [0, 0.05) is 12.6 Å². The minimum absolute atomic E-state index is 0.00748. The molecule has 0 N–H and O–H groups in total. The third-order valence-corrected chi connectivity index (χ3v) is 5.54. The molecule has 1 atom stereocenters. The van der Waals surface area contributed by atoms with Crippen molar-refractivity contribution in [3.05, 3.63) is 65.2 Å². The molecule has 3 rings (SSSR count). The van der Waals surface area contributed by atoms with E-state index < -0.39 is 0 Å². The first-order valence-electron chi connectivity index (χ1n) is 8.80. The molecule has 0 radical (unpaired) electrons. The van der Waals surface area contributed by atoms with Crippen molar-refractivity contribution in [1.82, 2.24) is 15.1 Å². The van der Waals surface area contributed by atoms with E-state index in [1.165, 1.54) is 22.9 Å². The second kappa shape index (κ2) is 8.39. The summed E-state index contributed by atoms with van der Waals surface area (Å²) in [7, 11) is 1.81. The number of hydrogen-bond acceptors (Lipinski definition) is 5. The summed E-state index contributed by atoms with van der Waals surface area (Å²) in [5.74, 6) is 0.740. The summed E-state index contributed by atoms with van der Waals surface area (Å²) in [6.45, 7) is 6.13. The standard InChI is InChI=1S/C21H23N3O2S/c1-14-10-11-18(12-15(14)2)20-22-23-21(26-20)27-13-19(25)24(4)16(3)17-8-6-5-7-9-17/h5-12,16H,13H2,1-4H3/t16-/m0/s1. The molecule has 5 nitrogen and oxygen atoms in total. The molecule has 0 spiro atoms. The molecule has 0 fully saturated rings. The van der Waals surface area contributed by atoms with Gasteiger partial charge in [0.15, 0.2) is 0 Å². The Morgan fingerprint density at radius 1 is 1.11 bits per heavy atom. The molecule has 3 aromatic rings. The topological polar surface area (TPSA) is 59.2 Å². The Hall–Kier alpha value is -2.60. The van der Waals surface area contributed by atoms with E-state index in [9.17, 15) is 4.79 Å². The smallest absolute Gasteiger partial charge is 0.277 e. The summed E-state index contributed by atoms with van der Waals surface area (Å²) in [4.78, 5) is 14.2. The van der Waals surface area contributed by atoms with Gasteiger partial charge in [-0.15, -0.1) is 10.2 Å². The van der Waals surface area contributed by atoms with Gasteiger partial charge in [-0.2, -0.15) is 0 Å². The largest absolute Gasteiger partial charge is 0.411 e.